The molecule has 0 fully saturated rings. The van der Waals surface area contributed by atoms with Crippen LogP contribution in [0.3, 0.4) is 0 Å². The fraction of sp³-hybridized carbons (Fsp3) is 0.571. The SMILES string of the molecule is OCCN(CCO)c1ccc(OCCCCCCCCOc2ccc(N(CCO)CCO)cc2)cc1. The fourth-order valence-electron chi connectivity index (χ4n) is 4.02. The lowest BCUT2D eigenvalue weighted by Crippen LogP contribution is -2.29. The Morgan fingerprint density at radius 3 is 1.06 bits per heavy atom. The summed E-state index contributed by atoms with van der Waals surface area (Å²) in [6, 6.07) is 15.6. The normalized spacial score (nSPS) is 10.9. The summed E-state index contributed by atoms with van der Waals surface area (Å²) >= 11 is 0. The summed E-state index contributed by atoms with van der Waals surface area (Å²) < 4.78 is 11.7. The molecule has 0 heterocycles. The van der Waals surface area contributed by atoms with Crippen molar-refractivity contribution >= 4 is 11.4 Å². The molecule has 2 rings (SSSR count). The minimum Gasteiger partial charge on any atom is -0.494 e. The second kappa shape index (κ2) is 18.7. The molecule has 0 radical (unpaired) electrons. The van der Waals surface area contributed by atoms with Gasteiger partial charge in [-0.15, -0.1) is 0 Å². The van der Waals surface area contributed by atoms with Crippen LogP contribution < -0.4 is 19.3 Å². The number of aliphatic hydroxyl groups excluding tert-OH is 4. The first-order chi connectivity index (χ1) is 17.7. The van der Waals surface area contributed by atoms with Crippen LogP contribution in [-0.2, 0) is 0 Å². The number of anilines is 2. The molecule has 8 nitrogen and oxygen atoms in total. The first kappa shape index (κ1) is 29.7. The van der Waals surface area contributed by atoms with E-state index >= 15 is 0 Å². The molecule has 0 atom stereocenters. The van der Waals surface area contributed by atoms with Gasteiger partial charge in [-0.2, -0.15) is 0 Å². The summed E-state index contributed by atoms with van der Waals surface area (Å²) in [4.78, 5) is 3.89. The van der Waals surface area contributed by atoms with E-state index in [0.29, 0.717) is 39.4 Å². The summed E-state index contributed by atoms with van der Waals surface area (Å²) in [6.07, 6.45) is 6.68. The summed E-state index contributed by atoms with van der Waals surface area (Å²) in [7, 11) is 0. The molecule has 0 aliphatic carbocycles. The van der Waals surface area contributed by atoms with Crippen LogP contribution in [0.15, 0.2) is 48.5 Å². The van der Waals surface area contributed by atoms with Gasteiger partial charge in [0.05, 0.1) is 39.6 Å². The molecule has 0 unspecified atom stereocenters. The van der Waals surface area contributed by atoms with E-state index in [4.69, 9.17) is 29.9 Å². The second-order valence-corrected chi connectivity index (χ2v) is 8.67. The molecular weight excluding hydrogens is 460 g/mol. The standard InChI is InChI=1S/C28H44N2O6/c31-19-15-29(16-20-32)25-7-11-27(12-8-25)35-23-5-3-1-2-4-6-24-36-28-13-9-26(10-14-28)30(17-21-33)18-22-34/h7-14,31-34H,1-6,15-24H2. The largest absolute Gasteiger partial charge is 0.494 e. The second-order valence-electron chi connectivity index (χ2n) is 8.67. The van der Waals surface area contributed by atoms with Gasteiger partial charge in [0, 0.05) is 37.6 Å². The van der Waals surface area contributed by atoms with E-state index in [9.17, 15) is 0 Å². The van der Waals surface area contributed by atoms with E-state index in [2.05, 4.69) is 0 Å². The molecule has 8 heteroatoms. The average Bonchev–Trinajstić information content (AvgIpc) is 2.90. The molecule has 0 aliphatic rings. The van der Waals surface area contributed by atoms with Crippen molar-refractivity contribution in [2.24, 2.45) is 0 Å². The number of hydrogen-bond acceptors (Lipinski definition) is 8. The van der Waals surface area contributed by atoms with E-state index in [1.54, 1.807) is 0 Å². The minimum absolute atomic E-state index is 0.0531. The molecule has 0 saturated carbocycles. The van der Waals surface area contributed by atoms with Crippen LogP contribution in [0.5, 0.6) is 11.5 Å². The monoisotopic (exact) mass is 504 g/mol. The summed E-state index contributed by atoms with van der Waals surface area (Å²) in [5.41, 5.74) is 1.93. The van der Waals surface area contributed by atoms with Gasteiger partial charge >= 0.3 is 0 Å². The van der Waals surface area contributed by atoms with Gasteiger partial charge in [-0.05, 0) is 61.4 Å². The Hall–Kier alpha value is -2.52. The first-order valence-corrected chi connectivity index (χ1v) is 13.1. The van der Waals surface area contributed by atoms with E-state index in [1.807, 2.05) is 58.3 Å². The van der Waals surface area contributed by atoms with Gasteiger partial charge in [-0.3, -0.25) is 0 Å². The Labute approximate surface area is 215 Å². The molecule has 2 aromatic rings. The molecule has 4 N–H and O–H groups in total. The van der Waals surface area contributed by atoms with Crippen molar-refractivity contribution in [2.45, 2.75) is 38.5 Å². The predicted molar refractivity (Wildman–Crippen MR) is 144 cm³/mol. The highest BCUT2D eigenvalue weighted by Crippen LogP contribution is 2.21. The van der Waals surface area contributed by atoms with Gasteiger partial charge in [-0.1, -0.05) is 25.7 Å². The topological polar surface area (TPSA) is 106 Å². The van der Waals surface area contributed by atoms with Gasteiger partial charge in [0.15, 0.2) is 0 Å². The Morgan fingerprint density at radius 2 is 0.750 bits per heavy atom. The number of rotatable bonds is 21. The molecule has 0 spiro atoms. The molecule has 202 valence electrons. The van der Waals surface area contributed by atoms with Crippen molar-refractivity contribution in [2.75, 3.05) is 75.6 Å². The van der Waals surface area contributed by atoms with Crippen molar-refractivity contribution in [3.63, 3.8) is 0 Å². The van der Waals surface area contributed by atoms with Crippen molar-refractivity contribution in [1.82, 2.24) is 0 Å². The van der Waals surface area contributed by atoms with Crippen LogP contribution in [-0.4, -0.2) is 86.2 Å². The molecule has 0 aliphatic heterocycles. The lowest BCUT2D eigenvalue weighted by Gasteiger charge is -2.23. The summed E-state index contributed by atoms with van der Waals surface area (Å²) in [5, 5.41) is 36.6. The van der Waals surface area contributed by atoms with Gasteiger partial charge in [0.1, 0.15) is 11.5 Å². The maximum atomic E-state index is 9.16. The lowest BCUT2D eigenvalue weighted by molar-refractivity contribution is 0.280. The molecule has 0 amide bonds. The molecule has 0 aromatic heterocycles. The van der Waals surface area contributed by atoms with E-state index in [-0.39, 0.29) is 26.4 Å². The highest BCUT2D eigenvalue weighted by atomic mass is 16.5. The van der Waals surface area contributed by atoms with Crippen LogP contribution in [0.25, 0.3) is 0 Å². The van der Waals surface area contributed by atoms with E-state index in [1.165, 1.54) is 12.8 Å². The average molecular weight is 505 g/mol. The van der Waals surface area contributed by atoms with E-state index in [0.717, 1.165) is 48.6 Å². The maximum Gasteiger partial charge on any atom is 0.119 e. The summed E-state index contributed by atoms with van der Waals surface area (Å²) in [6.45, 7) is 3.60. The first-order valence-electron chi connectivity index (χ1n) is 13.1. The number of benzene rings is 2. The minimum atomic E-state index is 0.0531. The molecule has 36 heavy (non-hydrogen) atoms. The smallest absolute Gasteiger partial charge is 0.119 e. The van der Waals surface area contributed by atoms with Gasteiger partial charge in [0.25, 0.3) is 0 Å². The summed E-state index contributed by atoms with van der Waals surface area (Å²) in [5.74, 6) is 1.68. The van der Waals surface area contributed by atoms with Gasteiger partial charge in [0.2, 0.25) is 0 Å². The number of ether oxygens (including phenoxy) is 2. The zero-order valence-corrected chi connectivity index (χ0v) is 21.4. The molecular formula is C28H44N2O6. The van der Waals surface area contributed by atoms with Crippen LogP contribution in [0.1, 0.15) is 38.5 Å². The maximum absolute atomic E-state index is 9.16. The van der Waals surface area contributed by atoms with Crippen LogP contribution >= 0.6 is 0 Å². The van der Waals surface area contributed by atoms with Crippen LogP contribution in [0.4, 0.5) is 11.4 Å². The van der Waals surface area contributed by atoms with Crippen LogP contribution in [0.2, 0.25) is 0 Å². The number of hydrogen-bond donors (Lipinski definition) is 4. The predicted octanol–water partition coefficient (Wildman–Crippen LogP) is 3.07. The number of aliphatic hydroxyl groups is 4. The van der Waals surface area contributed by atoms with Crippen molar-refractivity contribution < 1.29 is 29.9 Å². The Morgan fingerprint density at radius 1 is 0.444 bits per heavy atom. The lowest BCUT2D eigenvalue weighted by atomic mass is 10.1. The van der Waals surface area contributed by atoms with Crippen molar-refractivity contribution in [3.05, 3.63) is 48.5 Å². The zero-order chi connectivity index (χ0) is 25.8. The van der Waals surface area contributed by atoms with E-state index < -0.39 is 0 Å². The third kappa shape index (κ3) is 11.5. The van der Waals surface area contributed by atoms with Crippen molar-refractivity contribution in [1.29, 1.82) is 0 Å². The van der Waals surface area contributed by atoms with Crippen molar-refractivity contribution in [3.8, 4) is 11.5 Å². The highest BCUT2D eigenvalue weighted by molar-refractivity contribution is 5.49. The molecule has 0 bridgehead atoms. The molecule has 0 saturated heterocycles. The number of nitrogens with zero attached hydrogens (tertiary/aromatic N) is 2. The third-order valence-electron chi connectivity index (χ3n) is 5.96. The van der Waals surface area contributed by atoms with Gasteiger partial charge in [-0.25, -0.2) is 0 Å². The molecule has 2 aromatic carbocycles. The fourth-order valence-corrected chi connectivity index (χ4v) is 4.02. The Balaban J connectivity index is 1.51. The third-order valence-corrected chi connectivity index (χ3v) is 5.96. The van der Waals surface area contributed by atoms with Crippen LogP contribution in [0, 0.1) is 0 Å². The Kier molecular flexibility index (Phi) is 15.4. The van der Waals surface area contributed by atoms with Gasteiger partial charge < -0.3 is 39.7 Å². The zero-order valence-electron chi connectivity index (χ0n) is 21.4. The number of unbranched alkanes of at least 4 members (excludes halogenated alkanes) is 5. The highest BCUT2D eigenvalue weighted by Gasteiger charge is 2.06. The Bertz CT molecular complexity index is 708. The quantitative estimate of drug-likeness (QED) is 0.192.